The summed E-state index contributed by atoms with van der Waals surface area (Å²) >= 11 is 0. The third-order valence-electron chi connectivity index (χ3n) is 11.1. The predicted octanol–water partition coefficient (Wildman–Crippen LogP) is 4.19. The first kappa shape index (κ1) is 43.5. The van der Waals surface area contributed by atoms with Crippen molar-refractivity contribution in [3.63, 3.8) is 0 Å². The number of cyclic esters (lactones) is 2. The van der Waals surface area contributed by atoms with Gasteiger partial charge in [-0.15, -0.1) is 12.3 Å². The molecule has 2 fully saturated rings. The summed E-state index contributed by atoms with van der Waals surface area (Å²) in [6, 6.07) is -3.92. The maximum absolute atomic E-state index is 14.3. The van der Waals surface area contributed by atoms with Gasteiger partial charge in [0.2, 0.25) is 17.7 Å². The lowest BCUT2D eigenvalue weighted by molar-refractivity contribution is -0.172. The number of terminal acetylenes is 1. The van der Waals surface area contributed by atoms with Gasteiger partial charge in [-0.3, -0.25) is 19.2 Å². The number of likely N-dealkylation sites (N-methyl/N-ethyl adjacent to an activating group) is 2. The maximum atomic E-state index is 14.3. The number of carbonyl (C=O) groups is 6. The lowest BCUT2D eigenvalue weighted by Gasteiger charge is -2.37. The molecule has 0 saturated carbocycles. The Morgan fingerprint density at radius 3 is 1.92 bits per heavy atom. The van der Waals surface area contributed by atoms with Crippen LogP contribution in [-0.4, -0.2) is 107 Å². The van der Waals surface area contributed by atoms with E-state index >= 15 is 0 Å². The molecule has 1 unspecified atom stereocenters. The van der Waals surface area contributed by atoms with Crippen molar-refractivity contribution in [2.75, 3.05) is 20.6 Å². The van der Waals surface area contributed by atoms with E-state index in [9.17, 15) is 28.8 Å². The molecule has 10 atom stereocenters. The van der Waals surface area contributed by atoms with Gasteiger partial charge in [-0.05, 0) is 49.9 Å². The molecule has 2 saturated heterocycles. The highest BCUT2D eigenvalue weighted by Gasteiger charge is 2.46. The second-order valence-electron chi connectivity index (χ2n) is 15.1. The molecule has 0 bridgehead atoms. The molecular weight excluding hydrogens is 652 g/mol. The van der Waals surface area contributed by atoms with Crippen LogP contribution in [0.2, 0.25) is 0 Å². The zero-order chi connectivity index (χ0) is 38.7. The third kappa shape index (κ3) is 10.5. The van der Waals surface area contributed by atoms with E-state index in [1.165, 1.54) is 28.8 Å². The first-order valence-electron chi connectivity index (χ1n) is 19.0. The van der Waals surface area contributed by atoms with Crippen molar-refractivity contribution in [2.45, 2.75) is 150 Å². The number of ether oxygens (including phenoxy) is 2. The van der Waals surface area contributed by atoms with Crippen molar-refractivity contribution in [1.82, 2.24) is 20.0 Å². The monoisotopic (exact) mass is 716 g/mol. The fourth-order valence-corrected chi connectivity index (χ4v) is 7.04. The second kappa shape index (κ2) is 19.8. The first-order chi connectivity index (χ1) is 24.0. The molecule has 12 heteroatoms. The summed E-state index contributed by atoms with van der Waals surface area (Å²) < 4.78 is 12.2. The lowest BCUT2D eigenvalue weighted by atomic mass is 9.92. The van der Waals surface area contributed by atoms with Crippen molar-refractivity contribution in [3.8, 4) is 12.3 Å². The smallest absolute Gasteiger partial charge is 0.329 e. The van der Waals surface area contributed by atoms with Crippen LogP contribution >= 0.6 is 0 Å². The molecule has 12 nitrogen and oxygen atoms in total. The zero-order valence-electron chi connectivity index (χ0n) is 32.9. The Kier molecular flexibility index (Phi) is 16.9. The Morgan fingerprint density at radius 2 is 1.37 bits per heavy atom. The van der Waals surface area contributed by atoms with Crippen LogP contribution in [0.5, 0.6) is 0 Å². The summed E-state index contributed by atoms with van der Waals surface area (Å²) in [5.74, 6) is -2.94. The molecule has 0 aromatic heterocycles. The molecule has 0 aromatic rings. The van der Waals surface area contributed by atoms with Crippen molar-refractivity contribution in [3.05, 3.63) is 0 Å². The van der Waals surface area contributed by atoms with E-state index in [0.29, 0.717) is 51.4 Å². The van der Waals surface area contributed by atoms with E-state index < -0.39 is 77.9 Å². The van der Waals surface area contributed by atoms with Gasteiger partial charge in [0, 0.05) is 33.0 Å². The number of fused-ring (bicyclic) bond motifs is 1. The van der Waals surface area contributed by atoms with Crippen LogP contribution in [0.4, 0.5) is 0 Å². The molecule has 0 spiro atoms. The van der Waals surface area contributed by atoms with Crippen LogP contribution in [0.25, 0.3) is 0 Å². The van der Waals surface area contributed by atoms with E-state index in [1.807, 2.05) is 41.5 Å². The summed E-state index contributed by atoms with van der Waals surface area (Å²) in [6.45, 7) is 16.7. The van der Waals surface area contributed by atoms with Crippen molar-refractivity contribution in [1.29, 1.82) is 0 Å². The highest BCUT2D eigenvalue weighted by atomic mass is 16.6. The molecule has 2 rings (SSSR count). The van der Waals surface area contributed by atoms with E-state index in [2.05, 4.69) is 11.2 Å². The van der Waals surface area contributed by atoms with Gasteiger partial charge >= 0.3 is 11.9 Å². The second-order valence-corrected chi connectivity index (χ2v) is 15.1. The minimum atomic E-state index is -1.20. The number of hydrogen-bond donors (Lipinski definition) is 1. The predicted molar refractivity (Wildman–Crippen MR) is 195 cm³/mol. The number of unbranched alkanes of at least 4 members (excludes halogenated alkanes) is 1. The summed E-state index contributed by atoms with van der Waals surface area (Å²) in [4.78, 5) is 89.0. The molecular formula is C39H64N4O8. The summed E-state index contributed by atoms with van der Waals surface area (Å²) in [5.41, 5.74) is 0. The standard InChI is InChI=1S/C39H64N4O8/c1-13-17-18-21-29-27(10)34(44)40-30(24(7)14-2)36(46)42(12)32(25(8)15-3)39(49)51-33(26(9)16-4)37(47)43-22-19-20-28(43)35(45)41(11)31(23(5)6)38(48)50-29/h1,23-33H,14-22H2,2-12H3,(H,40,44)/t24-,25-,26-,27-,28-,29?,30-,31+,32-,33-/m0/s1. The Hall–Kier alpha value is -3.62. The minimum absolute atomic E-state index is 0.288. The van der Waals surface area contributed by atoms with Crippen molar-refractivity contribution in [2.24, 2.45) is 29.6 Å². The minimum Gasteiger partial charge on any atom is -0.460 e. The maximum Gasteiger partial charge on any atom is 0.329 e. The summed E-state index contributed by atoms with van der Waals surface area (Å²) in [5, 5.41) is 2.92. The molecule has 0 aromatic carbocycles. The summed E-state index contributed by atoms with van der Waals surface area (Å²) in [7, 11) is 3.05. The number of nitrogens with zero attached hydrogens (tertiary/aromatic N) is 3. The molecule has 2 aliphatic rings. The zero-order valence-corrected chi connectivity index (χ0v) is 32.9. The van der Waals surface area contributed by atoms with E-state index in [0.717, 1.165) is 0 Å². The van der Waals surface area contributed by atoms with Gasteiger partial charge in [-0.2, -0.15) is 0 Å². The van der Waals surface area contributed by atoms with Crippen LogP contribution in [0.1, 0.15) is 114 Å². The van der Waals surface area contributed by atoms with E-state index in [4.69, 9.17) is 15.9 Å². The Morgan fingerprint density at radius 1 is 0.804 bits per heavy atom. The summed E-state index contributed by atoms with van der Waals surface area (Å²) in [6.07, 6.45) is 7.14. The van der Waals surface area contributed by atoms with Gasteiger partial charge in [-0.1, -0.05) is 75.2 Å². The van der Waals surface area contributed by atoms with Gasteiger partial charge in [-0.25, -0.2) is 9.59 Å². The SMILES string of the molecule is C#CCCCC1OC(=O)[C@@H](C(C)C)N(C)C(=O)[C@@H]2CCCN2C(=O)[C@H]([C@@H](C)CC)OC(=O)[C@H]([C@@H](C)CC)N(C)C(=O)[C@H]([C@@H](C)CC)NC(=O)[C@H]1C. The third-order valence-corrected chi connectivity index (χ3v) is 11.1. The van der Waals surface area contributed by atoms with Crippen LogP contribution < -0.4 is 5.32 Å². The Labute approximate surface area is 306 Å². The molecule has 2 aliphatic heterocycles. The average Bonchev–Trinajstić information content (AvgIpc) is 3.60. The Balaban J connectivity index is 2.79. The van der Waals surface area contributed by atoms with Crippen LogP contribution in [0.15, 0.2) is 0 Å². The fraction of sp³-hybridized carbons (Fsp3) is 0.795. The lowest BCUT2D eigenvalue weighted by Crippen LogP contribution is -2.58. The topological polar surface area (TPSA) is 143 Å². The molecule has 2 heterocycles. The number of carbonyl (C=O) groups excluding carboxylic acids is 6. The van der Waals surface area contributed by atoms with Crippen LogP contribution in [-0.2, 0) is 38.2 Å². The highest BCUT2D eigenvalue weighted by Crippen LogP contribution is 2.28. The average molecular weight is 717 g/mol. The molecule has 1 N–H and O–H groups in total. The van der Waals surface area contributed by atoms with Gasteiger partial charge in [0.05, 0.1) is 5.92 Å². The number of nitrogens with one attached hydrogen (secondary N) is 1. The molecule has 4 amide bonds. The quantitative estimate of drug-likeness (QED) is 0.202. The number of amides is 4. The molecule has 0 radical (unpaired) electrons. The van der Waals surface area contributed by atoms with Crippen molar-refractivity contribution < 1.29 is 38.2 Å². The van der Waals surface area contributed by atoms with E-state index in [-0.39, 0.29) is 30.2 Å². The fourth-order valence-electron chi connectivity index (χ4n) is 7.04. The van der Waals surface area contributed by atoms with E-state index in [1.54, 1.807) is 20.8 Å². The molecule has 288 valence electrons. The normalized spacial score (nSPS) is 29.6. The van der Waals surface area contributed by atoms with Gasteiger partial charge < -0.3 is 29.5 Å². The number of rotatable bonds is 10. The molecule has 51 heavy (non-hydrogen) atoms. The van der Waals surface area contributed by atoms with Crippen LogP contribution in [0, 0.1) is 41.9 Å². The Bertz CT molecular complexity index is 1280. The van der Waals surface area contributed by atoms with Crippen LogP contribution in [0.3, 0.4) is 0 Å². The molecule has 0 aliphatic carbocycles. The van der Waals surface area contributed by atoms with Gasteiger partial charge in [0.1, 0.15) is 30.3 Å². The first-order valence-corrected chi connectivity index (χ1v) is 19.0. The largest absolute Gasteiger partial charge is 0.460 e. The van der Waals surface area contributed by atoms with Gasteiger partial charge in [0.15, 0.2) is 6.10 Å². The number of hydrogen-bond acceptors (Lipinski definition) is 8. The highest BCUT2D eigenvalue weighted by molar-refractivity contribution is 5.95. The van der Waals surface area contributed by atoms with Crippen molar-refractivity contribution >= 4 is 35.6 Å². The number of esters is 2. The van der Waals surface area contributed by atoms with Gasteiger partial charge in [0.25, 0.3) is 5.91 Å².